The maximum absolute atomic E-state index is 12.5. The highest BCUT2D eigenvalue weighted by Crippen LogP contribution is 2.29. The quantitative estimate of drug-likeness (QED) is 0.592. The fourth-order valence-corrected chi connectivity index (χ4v) is 2.17. The Hall–Kier alpha value is -3.09. The fraction of sp³-hybridized carbons (Fsp3) is 0.200. The topological polar surface area (TPSA) is 55.4 Å². The lowest BCUT2D eigenvalue weighted by Crippen LogP contribution is -2.30. The Kier molecular flexibility index (Phi) is 7.16. The van der Waals surface area contributed by atoms with Gasteiger partial charge in [-0.2, -0.15) is 13.2 Å². The van der Waals surface area contributed by atoms with Crippen LogP contribution in [-0.4, -0.2) is 25.0 Å². The lowest BCUT2D eigenvalue weighted by atomic mass is 10.1. The molecule has 0 aliphatic carbocycles. The molecule has 0 atom stereocenters. The van der Waals surface area contributed by atoms with E-state index in [0.29, 0.717) is 18.5 Å². The van der Waals surface area contributed by atoms with Gasteiger partial charge < -0.3 is 10.1 Å². The SMILES string of the molecule is O=C(COC(=O)/C=C/c1ccc(C(F)(F)F)cc1)NCCc1ccccc1. The summed E-state index contributed by atoms with van der Waals surface area (Å²) in [5.74, 6) is -1.18. The number of hydrogen-bond acceptors (Lipinski definition) is 3. The Morgan fingerprint density at radius 1 is 1.00 bits per heavy atom. The monoisotopic (exact) mass is 377 g/mol. The molecule has 2 aromatic carbocycles. The minimum absolute atomic E-state index is 0.410. The van der Waals surface area contributed by atoms with Crippen molar-refractivity contribution in [3.8, 4) is 0 Å². The van der Waals surface area contributed by atoms with Crippen molar-refractivity contribution in [2.24, 2.45) is 0 Å². The summed E-state index contributed by atoms with van der Waals surface area (Å²) in [5, 5.41) is 2.63. The van der Waals surface area contributed by atoms with Gasteiger partial charge in [0, 0.05) is 12.6 Å². The van der Waals surface area contributed by atoms with Gasteiger partial charge in [0.1, 0.15) is 0 Å². The average Bonchev–Trinajstić information content (AvgIpc) is 2.65. The Morgan fingerprint density at radius 2 is 1.67 bits per heavy atom. The molecule has 0 fully saturated rings. The Bertz CT molecular complexity index is 784. The standard InChI is InChI=1S/C20H18F3NO3/c21-20(22,23)17-9-6-16(7-10-17)8-11-19(26)27-14-18(25)24-13-12-15-4-2-1-3-5-15/h1-11H,12-14H2,(H,24,25)/b11-8+. The minimum atomic E-state index is -4.41. The first-order valence-corrected chi connectivity index (χ1v) is 8.17. The molecule has 142 valence electrons. The molecular formula is C20H18F3NO3. The summed E-state index contributed by atoms with van der Waals surface area (Å²) >= 11 is 0. The van der Waals surface area contributed by atoms with Gasteiger partial charge in [-0.15, -0.1) is 0 Å². The van der Waals surface area contributed by atoms with Crippen LogP contribution in [0.4, 0.5) is 13.2 Å². The maximum atomic E-state index is 12.5. The third-order valence-corrected chi connectivity index (χ3v) is 3.57. The van der Waals surface area contributed by atoms with Gasteiger partial charge in [0.15, 0.2) is 6.61 Å². The number of hydrogen-bond donors (Lipinski definition) is 1. The van der Waals surface area contributed by atoms with E-state index in [1.54, 1.807) is 0 Å². The van der Waals surface area contributed by atoms with Crippen LogP contribution < -0.4 is 5.32 Å². The number of carbonyl (C=O) groups excluding carboxylic acids is 2. The molecule has 0 radical (unpaired) electrons. The third kappa shape index (κ3) is 7.35. The molecule has 0 saturated heterocycles. The van der Waals surface area contributed by atoms with Gasteiger partial charge in [-0.1, -0.05) is 42.5 Å². The van der Waals surface area contributed by atoms with E-state index in [0.717, 1.165) is 23.8 Å². The Balaban J connectivity index is 1.70. The average molecular weight is 377 g/mol. The molecule has 1 amide bonds. The van der Waals surface area contributed by atoms with Crippen molar-refractivity contribution in [3.63, 3.8) is 0 Å². The summed E-state index contributed by atoms with van der Waals surface area (Å²) in [6, 6.07) is 13.9. The van der Waals surface area contributed by atoms with E-state index in [4.69, 9.17) is 4.74 Å². The van der Waals surface area contributed by atoms with E-state index < -0.39 is 30.2 Å². The van der Waals surface area contributed by atoms with Crippen LogP contribution >= 0.6 is 0 Å². The summed E-state index contributed by atoms with van der Waals surface area (Å²) in [6.07, 6.45) is -1.38. The van der Waals surface area contributed by atoms with Crippen molar-refractivity contribution in [1.29, 1.82) is 0 Å². The summed E-state index contributed by atoms with van der Waals surface area (Å²) < 4.78 is 42.2. The lowest BCUT2D eigenvalue weighted by molar-refractivity contribution is -0.143. The number of alkyl halides is 3. The van der Waals surface area contributed by atoms with Crippen LogP contribution in [-0.2, 0) is 26.9 Å². The van der Waals surface area contributed by atoms with Gasteiger partial charge in [0.25, 0.3) is 5.91 Å². The van der Waals surface area contributed by atoms with E-state index in [9.17, 15) is 22.8 Å². The van der Waals surface area contributed by atoms with Gasteiger partial charge in [0.2, 0.25) is 0 Å². The van der Waals surface area contributed by atoms with E-state index in [2.05, 4.69) is 5.32 Å². The number of nitrogens with one attached hydrogen (secondary N) is 1. The molecule has 0 bridgehead atoms. The van der Waals surface area contributed by atoms with E-state index >= 15 is 0 Å². The van der Waals surface area contributed by atoms with Crippen molar-refractivity contribution < 1.29 is 27.5 Å². The number of carbonyl (C=O) groups is 2. The van der Waals surface area contributed by atoms with Crippen molar-refractivity contribution in [1.82, 2.24) is 5.32 Å². The van der Waals surface area contributed by atoms with Gasteiger partial charge in [-0.3, -0.25) is 4.79 Å². The number of halogens is 3. The largest absolute Gasteiger partial charge is 0.452 e. The molecule has 27 heavy (non-hydrogen) atoms. The smallest absolute Gasteiger partial charge is 0.416 e. The van der Waals surface area contributed by atoms with Crippen molar-refractivity contribution in [3.05, 3.63) is 77.4 Å². The van der Waals surface area contributed by atoms with Crippen LogP contribution in [0.25, 0.3) is 6.08 Å². The number of rotatable bonds is 7. The fourth-order valence-electron chi connectivity index (χ4n) is 2.17. The molecule has 7 heteroatoms. The summed E-state index contributed by atoms with van der Waals surface area (Å²) in [5.41, 5.74) is 0.718. The molecule has 2 aromatic rings. The number of amides is 1. The van der Waals surface area contributed by atoms with Gasteiger partial charge in [0.05, 0.1) is 5.56 Å². The first-order valence-electron chi connectivity index (χ1n) is 8.17. The van der Waals surface area contributed by atoms with Crippen LogP contribution in [0.15, 0.2) is 60.7 Å². The summed E-state index contributed by atoms with van der Waals surface area (Å²) in [4.78, 5) is 23.2. The predicted octanol–water partition coefficient (Wildman–Crippen LogP) is 3.62. The maximum Gasteiger partial charge on any atom is 0.416 e. The molecule has 2 rings (SSSR count). The lowest BCUT2D eigenvalue weighted by Gasteiger charge is -2.06. The molecule has 0 heterocycles. The van der Waals surface area contributed by atoms with Crippen LogP contribution in [0, 0.1) is 0 Å². The predicted molar refractivity (Wildman–Crippen MR) is 94.6 cm³/mol. The molecule has 0 unspecified atom stereocenters. The molecule has 1 N–H and O–H groups in total. The first kappa shape index (κ1) is 20.2. The van der Waals surface area contributed by atoms with Crippen molar-refractivity contribution >= 4 is 18.0 Å². The highest BCUT2D eigenvalue weighted by Gasteiger charge is 2.29. The van der Waals surface area contributed by atoms with Crippen LogP contribution in [0.5, 0.6) is 0 Å². The molecule has 0 aliphatic rings. The van der Waals surface area contributed by atoms with Crippen molar-refractivity contribution in [2.45, 2.75) is 12.6 Å². The molecule has 0 saturated carbocycles. The summed E-state index contributed by atoms with van der Waals surface area (Å²) in [6.45, 7) is -0.00718. The normalized spacial score (nSPS) is 11.4. The zero-order chi connectivity index (χ0) is 19.7. The number of esters is 1. The first-order chi connectivity index (χ1) is 12.8. The van der Waals surface area contributed by atoms with E-state index in [-0.39, 0.29) is 0 Å². The zero-order valence-electron chi connectivity index (χ0n) is 14.3. The second-order valence-electron chi connectivity index (χ2n) is 5.65. The number of ether oxygens (including phenoxy) is 1. The van der Waals surface area contributed by atoms with Gasteiger partial charge in [-0.05, 0) is 35.8 Å². The highest BCUT2D eigenvalue weighted by atomic mass is 19.4. The van der Waals surface area contributed by atoms with Crippen LogP contribution in [0.2, 0.25) is 0 Å². The molecule has 0 aliphatic heterocycles. The van der Waals surface area contributed by atoms with E-state index in [1.807, 2.05) is 30.3 Å². The third-order valence-electron chi connectivity index (χ3n) is 3.57. The number of benzene rings is 2. The highest BCUT2D eigenvalue weighted by molar-refractivity contribution is 5.89. The molecule has 0 aromatic heterocycles. The zero-order valence-corrected chi connectivity index (χ0v) is 14.3. The Labute approximate surface area is 154 Å². The Morgan fingerprint density at radius 3 is 2.30 bits per heavy atom. The molecule has 0 spiro atoms. The summed E-state index contributed by atoms with van der Waals surface area (Å²) in [7, 11) is 0. The molecule has 4 nitrogen and oxygen atoms in total. The molecular weight excluding hydrogens is 359 g/mol. The second-order valence-corrected chi connectivity index (χ2v) is 5.65. The second kappa shape index (κ2) is 9.56. The van der Waals surface area contributed by atoms with Crippen molar-refractivity contribution in [2.75, 3.05) is 13.2 Å². The van der Waals surface area contributed by atoms with Crippen LogP contribution in [0.1, 0.15) is 16.7 Å². The van der Waals surface area contributed by atoms with Gasteiger partial charge >= 0.3 is 12.1 Å². The van der Waals surface area contributed by atoms with E-state index in [1.165, 1.54) is 18.2 Å². The van der Waals surface area contributed by atoms with Crippen LogP contribution in [0.3, 0.4) is 0 Å². The minimum Gasteiger partial charge on any atom is -0.452 e. The van der Waals surface area contributed by atoms with Gasteiger partial charge in [-0.25, -0.2) is 4.79 Å².